The fourth-order valence-corrected chi connectivity index (χ4v) is 1.94. The van der Waals surface area contributed by atoms with Crippen molar-refractivity contribution >= 4 is 0 Å². The maximum absolute atomic E-state index is 9.43. The van der Waals surface area contributed by atoms with Gasteiger partial charge in [0.25, 0.3) is 0 Å². The Kier molecular flexibility index (Phi) is 3.26. The molecular weight excluding hydrogens is 220 g/mol. The van der Waals surface area contributed by atoms with Crippen LogP contribution in [0, 0.1) is 0 Å². The molecule has 0 radical (unpaired) electrons. The van der Waals surface area contributed by atoms with Crippen molar-refractivity contribution in [2.75, 3.05) is 20.5 Å². The maximum Gasteiger partial charge on any atom is 0.231 e. The molecule has 94 valence electrons. The van der Waals surface area contributed by atoms with Crippen molar-refractivity contribution in [1.29, 1.82) is 0 Å². The highest BCUT2D eigenvalue weighted by Crippen LogP contribution is 2.43. The molecule has 2 rings (SSSR count). The minimum absolute atomic E-state index is 0.0619. The van der Waals surface area contributed by atoms with Gasteiger partial charge in [-0.3, -0.25) is 0 Å². The summed E-state index contributed by atoms with van der Waals surface area (Å²) in [6.07, 6.45) is 0. The molecule has 0 atom stereocenters. The van der Waals surface area contributed by atoms with E-state index in [1.807, 2.05) is 26.0 Å². The second-order valence-electron chi connectivity index (χ2n) is 4.81. The molecule has 0 aromatic heterocycles. The fourth-order valence-electron chi connectivity index (χ4n) is 1.94. The van der Waals surface area contributed by atoms with E-state index in [0.717, 1.165) is 22.6 Å². The number of aliphatic hydroxyl groups is 1. The molecule has 0 fully saturated rings. The standard InChI is InChI=1S/C13H18O4/c1-13(2,7-14)10-5-4-9(6-15-3)11-12(10)17-8-16-11/h4-5,14H,6-8H2,1-3H3. The van der Waals surface area contributed by atoms with E-state index in [-0.39, 0.29) is 18.8 Å². The minimum atomic E-state index is -0.344. The van der Waals surface area contributed by atoms with Crippen molar-refractivity contribution in [3.8, 4) is 11.5 Å². The third-order valence-corrected chi connectivity index (χ3v) is 3.02. The molecule has 1 aromatic carbocycles. The highest BCUT2D eigenvalue weighted by Gasteiger charge is 2.30. The molecule has 4 nitrogen and oxygen atoms in total. The van der Waals surface area contributed by atoms with Gasteiger partial charge in [-0.1, -0.05) is 26.0 Å². The summed E-state index contributed by atoms with van der Waals surface area (Å²) in [5.41, 5.74) is 1.59. The van der Waals surface area contributed by atoms with Crippen LogP contribution in [0.25, 0.3) is 0 Å². The minimum Gasteiger partial charge on any atom is -0.453 e. The summed E-state index contributed by atoms with van der Waals surface area (Å²) in [6.45, 7) is 4.73. The monoisotopic (exact) mass is 238 g/mol. The average Bonchev–Trinajstić information content (AvgIpc) is 2.78. The van der Waals surface area contributed by atoms with E-state index in [4.69, 9.17) is 14.2 Å². The Bertz CT molecular complexity index is 412. The van der Waals surface area contributed by atoms with Crippen LogP contribution in [0.5, 0.6) is 11.5 Å². The molecule has 0 saturated heterocycles. The lowest BCUT2D eigenvalue weighted by atomic mass is 9.84. The zero-order chi connectivity index (χ0) is 12.5. The molecule has 1 N–H and O–H groups in total. The lowest BCUT2D eigenvalue weighted by Crippen LogP contribution is -2.22. The van der Waals surface area contributed by atoms with Crippen molar-refractivity contribution < 1.29 is 19.3 Å². The van der Waals surface area contributed by atoms with E-state index >= 15 is 0 Å². The SMILES string of the molecule is COCc1ccc(C(C)(C)CO)c2c1OCO2. The molecule has 1 aliphatic rings. The van der Waals surface area contributed by atoms with Crippen LogP contribution in [-0.2, 0) is 16.8 Å². The number of fused-ring (bicyclic) bond motifs is 1. The predicted octanol–water partition coefficient (Wildman–Crippen LogP) is 1.83. The third-order valence-electron chi connectivity index (χ3n) is 3.02. The number of aliphatic hydroxyl groups excluding tert-OH is 1. The van der Waals surface area contributed by atoms with Crippen LogP contribution < -0.4 is 9.47 Å². The Labute approximate surface area is 101 Å². The molecule has 17 heavy (non-hydrogen) atoms. The van der Waals surface area contributed by atoms with Crippen molar-refractivity contribution in [3.63, 3.8) is 0 Å². The van der Waals surface area contributed by atoms with Crippen molar-refractivity contribution in [2.24, 2.45) is 0 Å². The molecule has 0 amide bonds. The van der Waals surface area contributed by atoms with Gasteiger partial charge in [0.1, 0.15) is 0 Å². The third kappa shape index (κ3) is 2.10. The maximum atomic E-state index is 9.43. The number of rotatable bonds is 4. The highest BCUT2D eigenvalue weighted by molar-refractivity contribution is 5.55. The first-order chi connectivity index (χ1) is 8.10. The Balaban J connectivity index is 2.48. The van der Waals surface area contributed by atoms with Crippen LogP contribution >= 0.6 is 0 Å². The molecule has 0 unspecified atom stereocenters. The van der Waals surface area contributed by atoms with Crippen LogP contribution in [0.15, 0.2) is 12.1 Å². The van der Waals surface area contributed by atoms with Crippen LogP contribution in [-0.4, -0.2) is 25.6 Å². The molecule has 0 saturated carbocycles. The number of hydrogen-bond acceptors (Lipinski definition) is 4. The Morgan fingerprint density at radius 3 is 2.65 bits per heavy atom. The average molecular weight is 238 g/mol. The van der Waals surface area contributed by atoms with Crippen molar-refractivity contribution in [1.82, 2.24) is 0 Å². The number of methoxy groups -OCH3 is 1. The van der Waals surface area contributed by atoms with E-state index in [1.54, 1.807) is 7.11 Å². The second kappa shape index (κ2) is 4.55. The lowest BCUT2D eigenvalue weighted by Gasteiger charge is -2.24. The fraction of sp³-hybridized carbons (Fsp3) is 0.538. The molecule has 0 bridgehead atoms. The van der Waals surface area contributed by atoms with E-state index in [9.17, 15) is 5.11 Å². The Morgan fingerprint density at radius 1 is 1.29 bits per heavy atom. The van der Waals surface area contributed by atoms with Crippen molar-refractivity contribution in [3.05, 3.63) is 23.3 Å². The van der Waals surface area contributed by atoms with Gasteiger partial charge in [-0.2, -0.15) is 0 Å². The van der Waals surface area contributed by atoms with Crippen molar-refractivity contribution in [2.45, 2.75) is 25.9 Å². The van der Waals surface area contributed by atoms with Gasteiger partial charge in [-0.15, -0.1) is 0 Å². The summed E-state index contributed by atoms with van der Waals surface area (Å²) >= 11 is 0. The molecule has 1 heterocycles. The van der Waals surface area contributed by atoms with Gasteiger partial charge < -0.3 is 19.3 Å². The first-order valence-corrected chi connectivity index (χ1v) is 5.62. The predicted molar refractivity (Wildman–Crippen MR) is 63.4 cm³/mol. The highest BCUT2D eigenvalue weighted by atomic mass is 16.7. The first-order valence-electron chi connectivity index (χ1n) is 5.62. The van der Waals surface area contributed by atoms with Gasteiger partial charge in [0.05, 0.1) is 13.2 Å². The Morgan fingerprint density at radius 2 is 2.00 bits per heavy atom. The lowest BCUT2D eigenvalue weighted by molar-refractivity contribution is 0.160. The van der Waals surface area contributed by atoms with E-state index in [0.29, 0.717) is 6.61 Å². The van der Waals surface area contributed by atoms with Gasteiger partial charge in [0.15, 0.2) is 11.5 Å². The molecule has 1 aliphatic heterocycles. The van der Waals surface area contributed by atoms with Gasteiger partial charge in [-0.25, -0.2) is 0 Å². The second-order valence-corrected chi connectivity index (χ2v) is 4.81. The van der Waals surface area contributed by atoms with Gasteiger partial charge in [-0.05, 0) is 0 Å². The summed E-state index contributed by atoms with van der Waals surface area (Å²) in [6, 6.07) is 3.93. The van der Waals surface area contributed by atoms with Crippen LogP contribution in [0.1, 0.15) is 25.0 Å². The molecular formula is C13H18O4. The van der Waals surface area contributed by atoms with Crippen LogP contribution in [0.2, 0.25) is 0 Å². The molecule has 0 spiro atoms. The number of hydrogen-bond donors (Lipinski definition) is 1. The van der Waals surface area contributed by atoms with Crippen LogP contribution in [0.4, 0.5) is 0 Å². The summed E-state index contributed by atoms with van der Waals surface area (Å²) in [4.78, 5) is 0. The summed E-state index contributed by atoms with van der Waals surface area (Å²) < 4.78 is 16.1. The van der Waals surface area contributed by atoms with Gasteiger partial charge >= 0.3 is 0 Å². The topological polar surface area (TPSA) is 47.9 Å². The van der Waals surface area contributed by atoms with Gasteiger partial charge in [0.2, 0.25) is 6.79 Å². The molecule has 1 aromatic rings. The zero-order valence-electron chi connectivity index (χ0n) is 10.4. The van der Waals surface area contributed by atoms with Gasteiger partial charge in [0, 0.05) is 23.7 Å². The number of benzene rings is 1. The van der Waals surface area contributed by atoms with Crippen LogP contribution in [0.3, 0.4) is 0 Å². The quantitative estimate of drug-likeness (QED) is 0.869. The first kappa shape index (κ1) is 12.2. The van der Waals surface area contributed by atoms with E-state index < -0.39 is 0 Å². The summed E-state index contributed by atoms with van der Waals surface area (Å²) in [5.74, 6) is 1.48. The number of ether oxygens (including phenoxy) is 3. The van der Waals surface area contributed by atoms with E-state index in [2.05, 4.69) is 0 Å². The van der Waals surface area contributed by atoms with E-state index in [1.165, 1.54) is 0 Å². The largest absolute Gasteiger partial charge is 0.453 e. The normalized spacial score (nSPS) is 14.1. The smallest absolute Gasteiger partial charge is 0.231 e. The zero-order valence-corrected chi connectivity index (χ0v) is 10.4. The summed E-state index contributed by atoms with van der Waals surface area (Å²) in [5, 5.41) is 9.43. The summed E-state index contributed by atoms with van der Waals surface area (Å²) in [7, 11) is 1.65. The Hall–Kier alpha value is -1.26. The molecule has 0 aliphatic carbocycles. The molecule has 4 heteroatoms.